The van der Waals surface area contributed by atoms with Gasteiger partial charge in [-0.2, -0.15) is 0 Å². The second-order valence-corrected chi connectivity index (χ2v) is 8.16. The maximum Gasteiger partial charge on any atom is 0.0340 e. The summed E-state index contributed by atoms with van der Waals surface area (Å²) in [6.45, 7) is 7.81. The van der Waals surface area contributed by atoms with Gasteiger partial charge in [0.15, 0.2) is 0 Å². The predicted octanol–water partition coefficient (Wildman–Crippen LogP) is 7.68. The summed E-state index contributed by atoms with van der Waals surface area (Å²) in [4.78, 5) is 0. The third-order valence-electron chi connectivity index (χ3n) is 5.36. The average Bonchev–Trinajstić information content (AvgIpc) is 2.77. The van der Waals surface area contributed by atoms with Gasteiger partial charge in [-0.3, -0.25) is 0 Å². The zero-order valence-corrected chi connectivity index (χ0v) is 17.7. The molecule has 0 fully saturated rings. The molecule has 3 aromatic carbocycles. The minimum atomic E-state index is 0.314. The van der Waals surface area contributed by atoms with Crippen molar-refractivity contribution in [2.45, 2.75) is 27.2 Å². The molecule has 148 valence electrons. The largest absolute Gasteiger partial charge is 0.385 e. The summed E-state index contributed by atoms with van der Waals surface area (Å²) in [5.41, 5.74) is 6.36. The summed E-state index contributed by atoms with van der Waals surface area (Å²) in [5.74, 6) is 0. The number of allylic oxidation sites excluding steroid dienone is 2. The highest BCUT2D eigenvalue weighted by molar-refractivity contribution is 5.81. The van der Waals surface area contributed by atoms with Crippen LogP contribution in [0.5, 0.6) is 0 Å². The van der Waals surface area contributed by atoms with E-state index in [4.69, 9.17) is 0 Å². The van der Waals surface area contributed by atoms with E-state index >= 15 is 0 Å². The van der Waals surface area contributed by atoms with Crippen LogP contribution in [-0.2, 0) is 0 Å². The highest BCUT2D eigenvalue weighted by Gasteiger charge is 2.14. The highest BCUT2D eigenvalue weighted by Crippen LogP contribution is 2.24. The molecule has 29 heavy (non-hydrogen) atoms. The van der Waals surface area contributed by atoms with Crippen molar-refractivity contribution < 1.29 is 0 Å². The maximum atomic E-state index is 3.54. The summed E-state index contributed by atoms with van der Waals surface area (Å²) in [6.07, 6.45) is 7.66. The fraction of sp³-hybridized carbons (Fsp3) is 0.214. The highest BCUT2D eigenvalue weighted by atomic mass is 14.9. The van der Waals surface area contributed by atoms with Gasteiger partial charge in [-0.05, 0) is 46.2 Å². The number of rotatable bonds is 8. The monoisotopic (exact) mass is 381 g/mol. The SMILES string of the molecule is CCC(C)(C)CNc1ccc(C=CC=C(c2ccccc2)c2ccccc2)cc1. The lowest BCUT2D eigenvalue weighted by atomic mass is 9.90. The third kappa shape index (κ3) is 6.22. The summed E-state index contributed by atoms with van der Waals surface area (Å²) < 4.78 is 0. The lowest BCUT2D eigenvalue weighted by molar-refractivity contribution is 0.377. The molecule has 0 spiro atoms. The molecule has 3 rings (SSSR count). The van der Waals surface area contributed by atoms with Crippen LogP contribution in [0.4, 0.5) is 5.69 Å². The quantitative estimate of drug-likeness (QED) is 0.395. The summed E-state index contributed by atoms with van der Waals surface area (Å²) in [5, 5.41) is 3.54. The van der Waals surface area contributed by atoms with Gasteiger partial charge in [-0.15, -0.1) is 0 Å². The van der Waals surface area contributed by atoms with Crippen LogP contribution >= 0.6 is 0 Å². The molecule has 0 unspecified atom stereocenters. The lowest BCUT2D eigenvalue weighted by Gasteiger charge is -2.23. The van der Waals surface area contributed by atoms with Crippen molar-refractivity contribution in [3.63, 3.8) is 0 Å². The van der Waals surface area contributed by atoms with Crippen molar-refractivity contribution in [3.05, 3.63) is 114 Å². The Morgan fingerprint density at radius 3 is 1.86 bits per heavy atom. The Morgan fingerprint density at radius 2 is 1.34 bits per heavy atom. The molecule has 0 aromatic heterocycles. The maximum absolute atomic E-state index is 3.54. The van der Waals surface area contributed by atoms with E-state index in [2.05, 4.69) is 129 Å². The zero-order valence-electron chi connectivity index (χ0n) is 17.7. The van der Waals surface area contributed by atoms with Crippen LogP contribution in [0.25, 0.3) is 11.6 Å². The molecule has 3 aromatic rings. The van der Waals surface area contributed by atoms with Crippen molar-refractivity contribution in [1.82, 2.24) is 0 Å². The van der Waals surface area contributed by atoms with Gasteiger partial charge in [0.25, 0.3) is 0 Å². The van der Waals surface area contributed by atoms with E-state index in [1.807, 2.05) is 0 Å². The third-order valence-corrected chi connectivity index (χ3v) is 5.36. The molecule has 1 heteroatoms. The van der Waals surface area contributed by atoms with Gasteiger partial charge in [0.2, 0.25) is 0 Å². The zero-order chi connectivity index (χ0) is 20.5. The van der Waals surface area contributed by atoms with Gasteiger partial charge in [-0.1, -0.05) is 112 Å². The Labute approximate surface area is 175 Å². The number of hydrogen-bond donors (Lipinski definition) is 1. The number of anilines is 1. The van der Waals surface area contributed by atoms with Crippen LogP contribution in [0.1, 0.15) is 43.9 Å². The Bertz CT molecular complexity index is 891. The first-order valence-electron chi connectivity index (χ1n) is 10.4. The first kappa shape index (κ1) is 20.7. The van der Waals surface area contributed by atoms with Crippen LogP contribution in [0.3, 0.4) is 0 Å². The first-order chi connectivity index (χ1) is 14.1. The van der Waals surface area contributed by atoms with Crippen molar-refractivity contribution in [1.29, 1.82) is 0 Å². The van der Waals surface area contributed by atoms with Gasteiger partial charge >= 0.3 is 0 Å². The molecular weight excluding hydrogens is 350 g/mol. The Morgan fingerprint density at radius 1 is 0.793 bits per heavy atom. The Balaban J connectivity index is 1.74. The molecule has 0 aliphatic rings. The van der Waals surface area contributed by atoms with Gasteiger partial charge in [0.05, 0.1) is 0 Å². The van der Waals surface area contributed by atoms with Crippen molar-refractivity contribution >= 4 is 17.3 Å². The molecule has 0 atom stereocenters. The minimum Gasteiger partial charge on any atom is -0.385 e. The Hall–Kier alpha value is -3.06. The number of benzene rings is 3. The topological polar surface area (TPSA) is 12.0 Å². The predicted molar refractivity (Wildman–Crippen MR) is 128 cm³/mol. The van der Waals surface area contributed by atoms with Crippen molar-refractivity contribution in [2.75, 3.05) is 11.9 Å². The smallest absolute Gasteiger partial charge is 0.0340 e. The second kappa shape index (κ2) is 9.93. The molecule has 0 saturated carbocycles. The first-order valence-corrected chi connectivity index (χ1v) is 10.4. The van der Waals surface area contributed by atoms with Crippen LogP contribution in [0, 0.1) is 5.41 Å². The standard InChI is InChI=1S/C28H31N/c1-4-28(2,3)22-29-26-20-18-23(19-21-26)12-11-17-27(24-13-7-5-8-14-24)25-15-9-6-10-16-25/h5-21,29H,4,22H2,1-3H3. The minimum absolute atomic E-state index is 0.314. The molecule has 0 amide bonds. The van der Waals surface area contributed by atoms with Crippen molar-refractivity contribution in [3.8, 4) is 0 Å². The molecule has 1 nitrogen and oxygen atoms in total. The van der Waals surface area contributed by atoms with Crippen LogP contribution in [0.2, 0.25) is 0 Å². The fourth-order valence-corrected chi connectivity index (χ4v) is 3.03. The summed E-state index contributed by atoms with van der Waals surface area (Å²) in [7, 11) is 0. The van der Waals surface area contributed by atoms with Gasteiger partial charge in [0, 0.05) is 12.2 Å². The molecule has 0 bridgehead atoms. The molecule has 1 N–H and O–H groups in total. The van der Waals surface area contributed by atoms with E-state index in [-0.39, 0.29) is 0 Å². The molecule has 0 aliphatic heterocycles. The van der Waals surface area contributed by atoms with Gasteiger partial charge in [0.1, 0.15) is 0 Å². The lowest BCUT2D eigenvalue weighted by Crippen LogP contribution is -2.21. The molecular formula is C28H31N. The Kier molecular flexibility index (Phi) is 7.08. The molecule has 0 saturated heterocycles. The van der Waals surface area contributed by atoms with E-state index in [0.717, 1.165) is 13.0 Å². The molecule has 0 radical (unpaired) electrons. The van der Waals surface area contributed by atoms with Crippen LogP contribution < -0.4 is 5.32 Å². The normalized spacial score (nSPS) is 11.4. The van der Waals surface area contributed by atoms with E-state index in [0.29, 0.717) is 5.41 Å². The summed E-state index contributed by atoms with van der Waals surface area (Å²) in [6, 6.07) is 29.7. The van der Waals surface area contributed by atoms with E-state index < -0.39 is 0 Å². The van der Waals surface area contributed by atoms with E-state index in [1.54, 1.807) is 0 Å². The second-order valence-electron chi connectivity index (χ2n) is 8.16. The summed E-state index contributed by atoms with van der Waals surface area (Å²) >= 11 is 0. The average molecular weight is 382 g/mol. The van der Waals surface area contributed by atoms with Crippen LogP contribution in [0.15, 0.2) is 97.1 Å². The van der Waals surface area contributed by atoms with Crippen LogP contribution in [-0.4, -0.2) is 6.54 Å². The molecule has 0 heterocycles. The van der Waals surface area contributed by atoms with Gasteiger partial charge in [-0.25, -0.2) is 0 Å². The fourth-order valence-electron chi connectivity index (χ4n) is 3.03. The van der Waals surface area contributed by atoms with Crippen molar-refractivity contribution in [2.24, 2.45) is 5.41 Å². The number of nitrogens with one attached hydrogen (secondary N) is 1. The van der Waals surface area contributed by atoms with E-state index in [9.17, 15) is 0 Å². The molecule has 0 aliphatic carbocycles. The number of hydrogen-bond acceptors (Lipinski definition) is 1. The van der Waals surface area contributed by atoms with E-state index in [1.165, 1.54) is 28.0 Å². The van der Waals surface area contributed by atoms with Gasteiger partial charge < -0.3 is 5.32 Å².